The van der Waals surface area contributed by atoms with Gasteiger partial charge >= 0.3 is 0 Å². The van der Waals surface area contributed by atoms with Crippen LogP contribution in [-0.4, -0.2) is 0 Å². The molecule has 1 heteroatoms. The molecule has 1 nitrogen and oxygen atoms in total. The normalized spacial score (nSPS) is 15.0. The lowest BCUT2D eigenvalue weighted by Crippen LogP contribution is -2.29. The molecular formula is C65H49N. The molecular weight excluding hydrogens is 795 g/mol. The standard InChI is InChI=1S/C65H49N/c1-63(2)56-30-18-16-26-48(56)50-36-33-46(39-58(50)63)66(47-34-37-51-49-27-17-19-31-57(49)64(3,4)59(51)40-47)61-41-55-52-35-32-43(42-20-8-5-9-21-42)38-60(52)65(44-22-10-6-11-23-44,45-24-12-7-13-25-45)62(55)54-29-15-14-28-53(54)61/h5-41H,1-4H3. The molecule has 0 saturated carbocycles. The molecule has 0 atom stereocenters. The van der Waals surface area contributed by atoms with Crippen LogP contribution in [-0.2, 0) is 16.2 Å². The Morgan fingerprint density at radius 3 is 1.30 bits per heavy atom. The molecule has 0 heterocycles. The molecule has 3 aliphatic rings. The first-order valence-corrected chi connectivity index (χ1v) is 23.4. The molecule has 0 bridgehead atoms. The molecule has 0 radical (unpaired) electrons. The summed E-state index contributed by atoms with van der Waals surface area (Å²) < 4.78 is 0. The topological polar surface area (TPSA) is 3.24 Å². The lowest BCUT2D eigenvalue weighted by Gasteiger charge is -2.36. The minimum atomic E-state index is -0.590. The Kier molecular flexibility index (Phi) is 8.28. The number of anilines is 3. The van der Waals surface area contributed by atoms with E-state index >= 15 is 0 Å². The summed E-state index contributed by atoms with van der Waals surface area (Å²) in [6.45, 7) is 9.55. The summed E-state index contributed by atoms with van der Waals surface area (Å²) in [7, 11) is 0. The van der Waals surface area contributed by atoms with E-state index in [1.807, 2.05) is 0 Å². The van der Waals surface area contributed by atoms with Crippen molar-refractivity contribution in [3.63, 3.8) is 0 Å². The lowest BCUT2D eigenvalue weighted by atomic mass is 9.66. The molecule has 0 aromatic heterocycles. The van der Waals surface area contributed by atoms with E-state index in [-0.39, 0.29) is 10.8 Å². The van der Waals surface area contributed by atoms with Crippen molar-refractivity contribution < 1.29 is 0 Å². The van der Waals surface area contributed by atoms with Crippen molar-refractivity contribution in [2.24, 2.45) is 0 Å². The minimum Gasteiger partial charge on any atom is -0.310 e. The summed E-state index contributed by atoms with van der Waals surface area (Å²) in [6, 6.07) is 84.7. The second-order valence-electron chi connectivity index (χ2n) is 19.6. The van der Waals surface area contributed by atoms with E-state index in [1.165, 1.54) is 105 Å². The first-order chi connectivity index (χ1) is 32.3. The second kappa shape index (κ2) is 14.1. The second-order valence-corrected chi connectivity index (χ2v) is 19.6. The van der Waals surface area contributed by atoms with Crippen molar-refractivity contribution in [2.75, 3.05) is 4.90 Å². The minimum absolute atomic E-state index is 0.157. The van der Waals surface area contributed by atoms with Crippen molar-refractivity contribution in [3.8, 4) is 44.5 Å². The third kappa shape index (κ3) is 5.29. The first kappa shape index (κ1) is 38.7. The van der Waals surface area contributed by atoms with Crippen LogP contribution in [0.1, 0.15) is 72.2 Å². The Balaban J connectivity index is 1.13. The molecule has 3 aliphatic carbocycles. The maximum atomic E-state index is 2.57. The number of hydrogen-bond acceptors (Lipinski definition) is 1. The van der Waals surface area contributed by atoms with Gasteiger partial charge in [-0.25, -0.2) is 0 Å². The van der Waals surface area contributed by atoms with Gasteiger partial charge in [0, 0.05) is 27.6 Å². The molecule has 0 aliphatic heterocycles. The van der Waals surface area contributed by atoms with Crippen LogP contribution in [0.15, 0.2) is 224 Å². The zero-order valence-electron chi connectivity index (χ0n) is 37.8. The number of benzene rings is 10. The van der Waals surface area contributed by atoms with E-state index in [1.54, 1.807) is 0 Å². The summed E-state index contributed by atoms with van der Waals surface area (Å²) in [4.78, 5) is 2.57. The largest absolute Gasteiger partial charge is 0.310 e. The maximum absolute atomic E-state index is 2.57. The van der Waals surface area contributed by atoms with Crippen molar-refractivity contribution in [3.05, 3.63) is 269 Å². The molecule has 13 rings (SSSR count). The van der Waals surface area contributed by atoms with Gasteiger partial charge in [-0.2, -0.15) is 0 Å². The monoisotopic (exact) mass is 843 g/mol. The Morgan fingerprint density at radius 1 is 0.303 bits per heavy atom. The zero-order valence-corrected chi connectivity index (χ0v) is 37.8. The van der Waals surface area contributed by atoms with Crippen molar-refractivity contribution in [2.45, 2.75) is 43.9 Å². The van der Waals surface area contributed by atoms with Gasteiger partial charge in [-0.3, -0.25) is 0 Å². The van der Waals surface area contributed by atoms with Gasteiger partial charge < -0.3 is 4.90 Å². The molecule has 0 fully saturated rings. The lowest BCUT2D eigenvalue weighted by molar-refractivity contribution is 0.660. The highest BCUT2D eigenvalue weighted by molar-refractivity contribution is 6.09. The molecule has 10 aromatic carbocycles. The Hall–Kier alpha value is -7.74. The van der Waals surface area contributed by atoms with Gasteiger partial charge in [-0.15, -0.1) is 0 Å². The Bertz CT molecular complexity index is 3430. The Labute approximate surface area is 388 Å². The van der Waals surface area contributed by atoms with Gasteiger partial charge in [-0.05, 0) is 131 Å². The fraction of sp³-hybridized carbons (Fsp3) is 0.108. The van der Waals surface area contributed by atoms with E-state index in [0.717, 1.165) is 11.4 Å². The number of nitrogens with zero attached hydrogens (tertiary/aromatic N) is 1. The van der Waals surface area contributed by atoms with E-state index in [2.05, 4.69) is 257 Å². The smallest absolute Gasteiger partial charge is 0.0719 e. The molecule has 0 saturated heterocycles. The number of rotatable bonds is 6. The van der Waals surface area contributed by atoms with Crippen LogP contribution in [0.25, 0.3) is 55.3 Å². The molecule has 0 N–H and O–H groups in total. The molecule has 0 unspecified atom stereocenters. The van der Waals surface area contributed by atoms with Gasteiger partial charge in [0.15, 0.2) is 0 Å². The van der Waals surface area contributed by atoms with Gasteiger partial charge in [0.25, 0.3) is 0 Å². The summed E-state index contributed by atoms with van der Waals surface area (Å²) in [5.41, 5.74) is 23.5. The third-order valence-corrected chi connectivity index (χ3v) is 15.5. The SMILES string of the molecule is CC1(C)c2ccccc2-c2ccc(N(c3ccc4c(c3)C(C)(C)c3ccccc3-4)c3cc4c(c5ccccc35)C(c3ccccc3)(c3ccccc3)c3cc(-c5ccccc5)ccc3-4)cc21. The highest BCUT2D eigenvalue weighted by Crippen LogP contribution is 2.61. The number of hydrogen-bond donors (Lipinski definition) is 0. The summed E-state index contributed by atoms with van der Waals surface area (Å²) in [5.74, 6) is 0. The van der Waals surface area contributed by atoms with Gasteiger partial charge in [0.05, 0.1) is 11.1 Å². The fourth-order valence-electron chi connectivity index (χ4n) is 12.4. The molecule has 0 amide bonds. The highest BCUT2D eigenvalue weighted by atomic mass is 15.1. The predicted molar refractivity (Wildman–Crippen MR) is 276 cm³/mol. The van der Waals surface area contributed by atoms with E-state index < -0.39 is 5.41 Å². The van der Waals surface area contributed by atoms with Crippen LogP contribution in [0, 0.1) is 0 Å². The van der Waals surface area contributed by atoms with Crippen molar-refractivity contribution in [1.82, 2.24) is 0 Å². The van der Waals surface area contributed by atoms with Crippen LogP contribution in [0.5, 0.6) is 0 Å². The fourth-order valence-corrected chi connectivity index (χ4v) is 12.4. The van der Waals surface area contributed by atoms with Gasteiger partial charge in [0.2, 0.25) is 0 Å². The average molecular weight is 844 g/mol. The summed E-state index contributed by atoms with van der Waals surface area (Å²) >= 11 is 0. The van der Waals surface area contributed by atoms with Gasteiger partial charge in [0.1, 0.15) is 0 Å². The average Bonchev–Trinajstić information content (AvgIpc) is 3.89. The number of fused-ring (bicyclic) bond motifs is 11. The summed E-state index contributed by atoms with van der Waals surface area (Å²) in [6.07, 6.45) is 0. The Morgan fingerprint density at radius 2 is 0.742 bits per heavy atom. The zero-order chi connectivity index (χ0) is 44.4. The van der Waals surface area contributed by atoms with E-state index in [0.29, 0.717) is 0 Å². The summed E-state index contributed by atoms with van der Waals surface area (Å²) in [5, 5.41) is 2.47. The third-order valence-electron chi connectivity index (χ3n) is 15.5. The quantitative estimate of drug-likeness (QED) is 0.161. The molecule has 66 heavy (non-hydrogen) atoms. The van der Waals surface area contributed by atoms with Crippen LogP contribution < -0.4 is 4.90 Å². The maximum Gasteiger partial charge on any atom is 0.0719 e. The van der Waals surface area contributed by atoms with Crippen molar-refractivity contribution in [1.29, 1.82) is 0 Å². The van der Waals surface area contributed by atoms with E-state index in [4.69, 9.17) is 0 Å². The predicted octanol–water partition coefficient (Wildman–Crippen LogP) is 17.0. The van der Waals surface area contributed by atoms with Crippen LogP contribution in [0.4, 0.5) is 17.1 Å². The van der Waals surface area contributed by atoms with Crippen LogP contribution in [0.2, 0.25) is 0 Å². The molecule has 0 spiro atoms. The van der Waals surface area contributed by atoms with Gasteiger partial charge in [-0.1, -0.05) is 216 Å². The highest BCUT2D eigenvalue weighted by Gasteiger charge is 2.48. The van der Waals surface area contributed by atoms with Crippen LogP contribution in [0.3, 0.4) is 0 Å². The molecule has 314 valence electrons. The van der Waals surface area contributed by atoms with Crippen LogP contribution >= 0.6 is 0 Å². The molecule has 10 aromatic rings. The van der Waals surface area contributed by atoms with Crippen molar-refractivity contribution >= 4 is 27.8 Å². The van der Waals surface area contributed by atoms with E-state index in [9.17, 15) is 0 Å². The first-order valence-electron chi connectivity index (χ1n) is 23.4.